The first-order valence-corrected chi connectivity index (χ1v) is 13.3. The van der Waals surface area contributed by atoms with E-state index in [1.54, 1.807) is 0 Å². The summed E-state index contributed by atoms with van der Waals surface area (Å²) in [6, 6.07) is 5.86. The number of carbonyl (C=O) groups excluding carboxylic acids is 1. The van der Waals surface area contributed by atoms with Crippen LogP contribution in [0.3, 0.4) is 0 Å². The van der Waals surface area contributed by atoms with Crippen molar-refractivity contribution in [3.05, 3.63) is 35.8 Å². The number of hydrogen-bond acceptors (Lipinski definition) is 4. The molecular formula is C27H36N4O2. The van der Waals surface area contributed by atoms with E-state index < -0.39 is 0 Å². The molecule has 0 radical (unpaired) electrons. The van der Waals surface area contributed by atoms with E-state index >= 15 is 0 Å². The number of rotatable bonds is 6. The van der Waals surface area contributed by atoms with Crippen molar-refractivity contribution in [3.63, 3.8) is 0 Å². The number of aromatic nitrogens is 2. The fourth-order valence-electron chi connectivity index (χ4n) is 8.63. The van der Waals surface area contributed by atoms with Crippen LogP contribution in [0.4, 0.5) is 0 Å². The number of amides is 1. The molecule has 1 amide bonds. The van der Waals surface area contributed by atoms with Gasteiger partial charge in [0.15, 0.2) is 0 Å². The lowest BCUT2D eigenvalue weighted by atomic mass is 9.75. The Labute approximate surface area is 195 Å². The second-order valence-corrected chi connectivity index (χ2v) is 11.8. The predicted molar refractivity (Wildman–Crippen MR) is 126 cm³/mol. The number of aliphatic hydroxyl groups is 1. The number of pyridine rings is 1. The Morgan fingerprint density at radius 1 is 1.18 bits per heavy atom. The molecule has 3 heterocycles. The molecular weight excluding hydrogens is 412 g/mol. The lowest BCUT2D eigenvalue weighted by Gasteiger charge is -2.31. The Balaban J connectivity index is 1.02. The van der Waals surface area contributed by atoms with Crippen molar-refractivity contribution in [1.29, 1.82) is 0 Å². The third-order valence-corrected chi connectivity index (χ3v) is 10.2. The maximum Gasteiger partial charge on any atom is 0.268 e. The molecule has 4 saturated carbocycles. The van der Waals surface area contributed by atoms with E-state index in [2.05, 4.69) is 10.2 Å². The average Bonchev–Trinajstić information content (AvgIpc) is 3.09. The summed E-state index contributed by atoms with van der Waals surface area (Å²) in [7, 11) is 0. The molecule has 2 N–H and O–H groups in total. The minimum atomic E-state index is -0.137. The van der Waals surface area contributed by atoms with Gasteiger partial charge >= 0.3 is 0 Å². The van der Waals surface area contributed by atoms with E-state index in [1.165, 1.54) is 32.1 Å². The quantitative estimate of drug-likeness (QED) is 0.712. The molecule has 5 fully saturated rings. The first-order chi connectivity index (χ1) is 16.1. The van der Waals surface area contributed by atoms with Crippen molar-refractivity contribution in [3.8, 4) is 0 Å². The number of carbonyl (C=O) groups is 1. The molecule has 1 saturated heterocycles. The van der Waals surface area contributed by atoms with Gasteiger partial charge in [-0.05, 0) is 92.1 Å². The highest BCUT2D eigenvalue weighted by Gasteiger charge is 2.72. The van der Waals surface area contributed by atoms with Crippen LogP contribution in [0.2, 0.25) is 0 Å². The SMILES string of the molecule is O=C(NCC1CC2CC3CC4CC14C2C3)c1cccc2nc(CCN3CCC(O)CC3)cn12. The largest absolute Gasteiger partial charge is 0.393 e. The minimum Gasteiger partial charge on any atom is -0.393 e. The third kappa shape index (κ3) is 3.28. The molecule has 6 unspecified atom stereocenters. The second kappa shape index (κ2) is 7.54. The van der Waals surface area contributed by atoms with Crippen molar-refractivity contribution in [2.75, 3.05) is 26.2 Å². The zero-order valence-electron chi connectivity index (χ0n) is 19.5. The van der Waals surface area contributed by atoms with Crippen LogP contribution in [-0.4, -0.2) is 57.6 Å². The Morgan fingerprint density at radius 3 is 2.94 bits per heavy atom. The number of nitrogens with zero attached hydrogens (tertiary/aromatic N) is 3. The maximum absolute atomic E-state index is 13.2. The van der Waals surface area contributed by atoms with Gasteiger partial charge < -0.3 is 15.3 Å². The van der Waals surface area contributed by atoms with Gasteiger partial charge in [0, 0.05) is 38.8 Å². The summed E-state index contributed by atoms with van der Waals surface area (Å²) >= 11 is 0. The molecule has 2 aromatic heterocycles. The number of aliphatic hydroxyl groups excluding tert-OH is 1. The normalized spacial score (nSPS) is 37.4. The van der Waals surface area contributed by atoms with Gasteiger partial charge in [-0.15, -0.1) is 0 Å². The topological polar surface area (TPSA) is 69.9 Å². The van der Waals surface area contributed by atoms with Crippen molar-refractivity contribution in [2.24, 2.45) is 35.0 Å². The first kappa shape index (κ1) is 20.5. The molecule has 4 aliphatic carbocycles. The van der Waals surface area contributed by atoms with Crippen LogP contribution in [0, 0.1) is 35.0 Å². The smallest absolute Gasteiger partial charge is 0.268 e. The van der Waals surface area contributed by atoms with Gasteiger partial charge in [0.2, 0.25) is 0 Å². The highest BCUT2D eigenvalue weighted by Crippen LogP contribution is 2.78. The molecule has 1 aliphatic heterocycles. The van der Waals surface area contributed by atoms with Gasteiger partial charge in [0.05, 0.1) is 11.8 Å². The van der Waals surface area contributed by atoms with E-state index in [1.807, 2.05) is 28.8 Å². The number of fused-ring (bicyclic) bond motifs is 2. The zero-order valence-corrected chi connectivity index (χ0v) is 19.5. The van der Waals surface area contributed by atoms with Crippen LogP contribution >= 0.6 is 0 Å². The molecule has 33 heavy (non-hydrogen) atoms. The van der Waals surface area contributed by atoms with Gasteiger partial charge in [-0.3, -0.25) is 9.20 Å². The highest BCUT2D eigenvalue weighted by atomic mass is 16.3. The fraction of sp³-hybridized carbons (Fsp3) is 0.704. The Bertz CT molecular complexity index is 1070. The van der Waals surface area contributed by atoms with Crippen LogP contribution in [0.1, 0.15) is 61.1 Å². The second-order valence-electron chi connectivity index (χ2n) is 11.8. The van der Waals surface area contributed by atoms with Crippen molar-refractivity contribution in [1.82, 2.24) is 19.6 Å². The number of piperidine rings is 1. The molecule has 6 nitrogen and oxygen atoms in total. The van der Waals surface area contributed by atoms with E-state index in [0.717, 1.165) is 80.5 Å². The summed E-state index contributed by atoms with van der Waals surface area (Å²) in [6.07, 6.45) is 11.7. The first-order valence-electron chi connectivity index (χ1n) is 13.3. The summed E-state index contributed by atoms with van der Waals surface area (Å²) in [6.45, 7) is 3.69. The fourth-order valence-corrected chi connectivity index (χ4v) is 8.63. The van der Waals surface area contributed by atoms with E-state index in [4.69, 9.17) is 4.98 Å². The molecule has 176 valence electrons. The van der Waals surface area contributed by atoms with Crippen LogP contribution in [0.25, 0.3) is 5.65 Å². The summed E-state index contributed by atoms with van der Waals surface area (Å²) in [5.41, 5.74) is 3.16. The molecule has 2 aromatic rings. The maximum atomic E-state index is 13.2. The zero-order chi connectivity index (χ0) is 22.2. The van der Waals surface area contributed by atoms with Crippen molar-refractivity contribution in [2.45, 2.75) is 57.5 Å². The number of likely N-dealkylation sites (tertiary alicyclic amines) is 1. The Kier molecular flexibility index (Phi) is 4.67. The van der Waals surface area contributed by atoms with Crippen LogP contribution in [-0.2, 0) is 6.42 Å². The monoisotopic (exact) mass is 448 g/mol. The van der Waals surface area contributed by atoms with Gasteiger partial charge in [-0.1, -0.05) is 6.07 Å². The molecule has 0 aromatic carbocycles. The minimum absolute atomic E-state index is 0.0360. The van der Waals surface area contributed by atoms with Gasteiger partial charge in [-0.25, -0.2) is 4.98 Å². The van der Waals surface area contributed by atoms with Gasteiger partial charge in [0.1, 0.15) is 11.3 Å². The number of nitrogens with one attached hydrogen (secondary N) is 1. The molecule has 7 rings (SSSR count). The van der Waals surface area contributed by atoms with Crippen LogP contribution in [0.5, 0.6) is 0 Å². The van der Waals surface area contributed by atoms with Crippen LogP contribution in [0.15, 0.2) is 24.4 Å². The number of imidazole rings is 1. The molecule has 2 bridgehead atoms. The van der Waals surface area contributed by atoms with E-state index in [9.17, 15) is 9.90 Å². The molecule has 1 spiro atoms. The van der Waals surface area contributed by atoms with Crippen molar-refractivity contribution >= 4 is 11.6 Å². The van der Waals surface area contributed by atoms with Gasteiger partial charge in [-0.2, -0.15) is 0 Å². The van der Waals surface area contributed by atoms with E-state index in [0.29, 0.717) is 17.0 Å². The summed E-state index contributed by atoms with van der Waals surface area (Å²) < 4.78 is 1.97. The summed E-state index contributed by atoms with van der Waals surface area (Å²) in [4.78, 5) is 20.4. The van der Waals surface area contributed by atoms with E-state index in [-0.39, 0.29) is 12.0 Å². The third-order valence-electron chi connectivity index (χ3n) is 10.2. The number of hydrogen-bond donors (Lipinski definition) is 2. The average molecular weight is 449 g/mol. The Hall–Kier alpha value is -1.92. The summed E-state index contributed by atoms with van der Waals surface area (Å²) in [5, 5.41) is 13.0. The molecule has 5 aliphatic rings. The van der Waals surface area contributed by atoms with Crippen molar-refractivity contribution < 1.29 is 9.90 Å². The molecule has 6 atom stereocenters. The Morgan fingerprint density at radius 2 is 2.06 bits per heavy atom. The molecule has 6 heteroatoms. The highest BCUT2D eigenvalue weighted by molar-refractivity contribution is 5.93. The van der Waals surface area contributed by atoms with Crippen LogP contribution < -0.4 is 5.32 Å². The summed E-state index contributed by atoms with van der Waals surface area (Å²) in [5.74, 6) is 4.60. The van der Waals surface area contributed by atoms with Gasteiger partial charge in [0.25, 0.3) is 5.91 Å². The lowest BCUT2D eigenvalue weighted by Crippen LogP contribution is -2.37. The lowest BCUT2D eigenvalue weighted by molar-refractivity contribution is 0.0831. The standard InChI is InChI=1S/C27H36N4O2/c32-22-5-8-30(9-6-22)7-4-21-16-31-24(2-1-3-25(31)29-21)26(33)28-15-20-13-18-10-17-11-19-14-27(19,20)23(18)12-17/h1-3,16-20,22-23,32H,4-15H2,(H,28,33). The predicted octanol–water partition coefficient (Wildman–Crippen LogP) is 3.14.